The summed E-state index contributed by atoms with van der Waals surface area (Å²) in [6, 6.07) is 13.1. The summed E-state index contributed by atoms with van der Waals surface area (Å²) >= 11 is 1.26. The van der Waals surface area contributed by atoms with Crippen LogP contribution in [0.1, 0.15) is 10.4 Å². The Morgan fingerprint density at radius 2 is 1.84 bits per heavy atom. The van der Waals surface area contributed by atoms with Crippen molar-refractivity contribution in [1.29, 1.82) is 0 Å². The van der Waals surface area contributed by atoms with Crippen molar-refractivity contribution in [2.45, 2.75) is 4.90 Å². The van der Waals surface area contributed by atoms with Crippen LogP contribution in [-0.2, 0) is 9.53 Å². The molecule has 0 spiro atoms. The van der Waals surface area contributed by atoms with E-state index in [1.165, 1.54) is 24.9 Å². The fourth-order valence-electron chi connectivity index (χ4n) is 2.00. The van der Waals surface area contributed by atoms with E-state index in [2.05, 4.69) is 5.32 Å². The lowest BCUT2D eigenvalue weighted by Gasteiger charge is -2.09. The molecule has 0 aliphatic carbocycles. The fourth-order valence-corrected chi connectivity index (χ4v) is 2.77. The van der Waals surface area contributed by atoms with Gasteiger partial charge < -0.3 is 14.8 Å². The molecule has 2 rings (SSSR count). The van der Waals surface area contributed by atoms with Crippen molar-refractivity contribution >= 4 is 23.6 Å². The van der Waals surface area contributed by atoms with Crippen LogP contribution in [0.4, 0.5) is 4.39 Å². The van der Waals surface area contributed by atoms with Gasteiger partial charge in [-0.3, -0.25) is 9.59 Å². The second-order valence-corrected chi connectivity index (χ2v) is 6.02. The molecule has 0 heterocycles. The van der Waals surface area contributed by atoms with Gasteiger partial charge in [0, 0.05) is 10.6 Å². The highest BCUT2D eigenvalue weighted by Crippen LogP contribution is 2.20. The van der Waals surface area contributed by atoms with Gasteiger partial charge in [0.2, 0.25) is 0 Å². The van der Waals surface area contributed by atoms with Gasteiger partial charge in [-0.2, -0.15) is 0 Å². The minimum atomic E-state index is -0.558. The summed E-state index contributed by atoms with van der Waals surface area (Å²) in [5.41, 5.74) is 0.341. The molecule has 0 fully saturated rings. The second kappa shape index (κ2) is 9.68. The number of hydrogen-bond donors (Lipinski definition) is 1. The van der Waals surface area contributed by atoms with Gasteiger partial charge in [0.05, 0.1) is 12.7 Å². The van der Waals surface area contributed by atoms with Crippen molar-refractivity contribution in [2.24, 2.45) is 0 Å². The Labute approximate surface area is 149 Å². The number of esters is 1. The summed E-state index contributed by atoms with van der Waals surface area (Å²) in [7, 11) is 1.47. The van der Waals surface area contributed by atoms with E-state index in [-0.39, 0.29) is 19.0 Å². The molecule has 0 atom stereocenters. The summed E-state index contributed by atoms with van der Waals surface area (Å²) in [6.45, 7) is -0.121. The number of ether oxygens (including phenoxy) is 2. The highest BCUT2D eigenvalue weighted by Gasteiger charge is 2.13. The van der Waals surface area contributed by atoms with E-state index >= 15 is 0 Å². The number of methoxy groups -OCH3 is 1. The first-order valence-electron chi connectivity index (χ1n) is 7.56. The van der Waals surface area contributed by atoms with Crippen LogP contribution in [0.25, 0.3) is 0 Å². The number of benzene rings is 2. The van der Waals surface area contributed by atoms with Crippen molar-refractivity contribution in [3.05, 3.63) is 59.9 Å². The third-order valence-electron chi connectivity index (χ3n) is 3.19. The molecule has 0 saturated carbocycles. The first-order chi connectivity index (χ1) is 12.1. The second-order valence-electron chi connectivity index (χ2n) is 4.88. The Balaban J connectivity index is 1.70. The minimum absolute atomic E-state index is 0.127. The number of para-hydroxylation sites is 1. The molecule has 132 valence electrons. The molecule has 0 aliphatic heterocycles. The molecular weight excluding hydrogens is 345 g/mol. The molecule has 2 aromatic rings. The number of carbonyl (C=O) groups is 2. The van der Waals surface area contributed by atoms with E-state index in [0.717, 1.165) is 0 Å². The van der Waals surface area contributed by atoms with Crippen LogP contribution in [0, 0.1) is 5.82 Å². The van der Waals surface area contributed by atoms with Crippen LogP contribution >= 0.6 is 11.8 Å². The zero-order valence-corrected chi connectivity index (χ0v) is 14.5. The molecular formula is C18H18FNO4S. The number of carbonyl (C=O) groups excluding carboxylic acids is 2. The summed E-state index contributed by atoms with van der Waals surface area (Å²) in [5, 5.41) is 2.48. The Hall–Kier alpha value is -2.54. The highest BCUT2D eigenvalue weighted by molar-refractivity contribution is 7.99. The lowest BCUT2D eigenvalue weighted by Crippen LogP contribution is -2.31. The van der Waals surface area contributed by atoms with Crippen molar-refractivity contribution in [2.75, 3.05) is 26.0 Å². The molecule has 0 unspecified atom stereocenters. The van der Waals surface area contributed by atoms with Gasteiger partial charge in [-0.15, -0.1) is 11.8 Å². The summed E-state index contributed by atoms with van der Waals surface area (Å²) in [6.07, 6.45) is 0. The Morgan fingerprint density at radius 1 is 1.12 bits per heavy atom. The van der Waals surface area contributed by atoms with Gasteiger partial charge in [0.15, 0.2) is 0 Å². The lowest BCUT2D eigenvalue weighted by atomic mass is 10.2. The molecule has 7 heteroatoms. The van der Waals surface area contributed by atoms with E-state index in [9.17, 15) is 14.0 Å². The molecule has 5 nitrogen and oxygen atoms in total. The van der Waals surface area contributed by atoms with Crippen LogP contribution < -0.4 is 10.1 Å². The number of thioether (sulfide) groups is 1. The third-order valence-corrected chi connectivity index (χ3v) is 4.20. The van der Waals surface area contributed by atoms with E-state index in [0.29, 0.717) is 22.0 Å². The van der Waals surface area contributed by atoms with Crippen molar-refractivity contribution in [3.63, 3.8) is 0 Å². The number of hydrogen-bond acceptors (Lipinski definition) is 5. The van der Waals surface area contributed by atoms with Crippen molar-refractivity contribution in [3.8, 4) is 5.75 Å². The largest absolute Gasteiger partial charge is 0.496 e. The molecule has 0 radical (unpaired) electrons. The van der Waals surface area contributed by atoms with E-state index in [1.807, 2.05) is 0 Å². The molecule has 1 amide bonds. The predicted molar refractivity (Wildman–Crippen MR) is 93.4 cm³/mol. The monoisotopic (exact) mass is 363 g/mol. The van der Waals surface area contributed by atoms with Gasteiger partial charge in [0.25, 0.3) is 5.91 Å². The van der Waals surface area contributed by atoms with Gasteiger partial charge in [-0.25, -0.2) is 4.39 Å². The van der Waals surface area contributed by atoms with Crippen molar-refractivity contribution < 1.29 is 23.5 Å². The zero-order chi connectivity index (χ0) is 18.1. The average Bonchev–Trinajstić information content (AvgIpc) is 2.64. The molecule has 1 N–H and O–H groups in total. The van der Waals surface area contributed by atoms with E-state index in [4.69, 9.17) is 9.47 Å². The Kier molecular flexibility index (Phi) is 7.28. The SMILES string of the molecule is COc1ccccc1C(=O)NCC(=O)OCCSc1ccccc1F. The van der Waals surface area contributed by atoms with Gasteiger partial charge in [-0.05, 0) is 24.3 Å². The summed E-state index contributed by atoms with van der Waals surface area (Å²) in [4.78, 5) is 24.2. The number of rotatable bonds is 8. The summed E-state index contributed by atoms with van der Waals surface area (Å²) < 4.78 is 23.5. The zero-order valence-electron chi connectivity index (χ0n) is 13.7. The number of halogens is 1. The standard InChI is InChI=1S/C18H18FNO4S/c1-23-15-8-4-2-6-13(15)18(22)20-12-17(21)24-10-11-25-16-9-5-3-7-14(16)19/h2-9H,10-12H2,1H3,(H,20,22). The van der Waals surface area contributed by atoms with Gasteiger partial charge in [0.1, 0.15) is 24.7 Å². The van der Waals surface area contributed by atoms with Gasteiger partial charge in [-0.1, -0.05) is 24.3 Å². The fraction of sp³-hybridized carbons (Fsp3) is 0.222. The topological polar surface area (TPSA) is 64.6 Å². The number of nitrogens with one attached hydrogen (secondary N) is 1. The maximum Gasteiger partial charge on any atom is 0.325 e. The summed E-state index contributed by atoms with van der Waals surface area (Å²) in [5.74, 6) is -0.433. The molecule has 25 heavy (non-hydrogen) atoms. The van der Waals surface area contributed by atoms with E-state index < -0.39 is 11.9 Å². The first-order valence-corrected chi connectivity index (χ1v) is 8.54. The molecule has 2 aromatic carbocycles. The first kappa shape index (κ1) is 18.8. The molecule has 0 bridgehead atoms. The smallest absolute Gasteiger partial charge is 0.325 e. The maximum absolute atomic E-state index is 13.4. The van der Waals surface area contributed by atoms with Crippen LogP contribution in [0.5, 0.6) is 5.75 Å². The van der Waals surface area contributed by atoms with Crippen LogP contribution in [0.3, 0.4) is 0 Å². The average molecular weight is 363 g/mol. The van der Waals surface area contributed by atoms with Crippen LogP contribution in [0.15, 0.2) is 53.4 Å². The molecule has 0 aliphatic rings. The normalized spacial score (nSPS) is 10.2. The van der Waals surface area contributed by atoms with Crippen LogP contribution in [-0.4, -0.2) is 37.9 Å². The quantitative estimate of drug-likeness (QED) is 0.444. The molecule has 0 saturated heterocycles. The highest BCUT2D eigenvalue weighted by atomic mass is 32.2. The Bertz CT molecular complexity index is 739. The Morgan fingerprint density at radius 3 is 2.60 bits per heavy atom. The maximum atomic E-state index is 13.4. The lowest BCUT2D eigenvalue weighted by molar-refractivity contribution is -0.141. The molecule has 0 aromatic heterocycles. The van der Waals surface area contributed by atoms with Crippen LogP contribution in [0.2, 0.25) is 0 Å². The third kappa shape index (κ3) is 5.79. The van der Waals surface area contributed by atoms with Crippen molar-refractivity contribution in [1.82, 2.24) is 5.32 Å². The minimum Gasteiger partial charge on any atom is -0.496 e. The predicted octanol–water partition coefficient (Wildman–Crippen LogP) is 2.90. The van der Waals surface area contributed by atoms with E-state index in [1.54, 1.807) is 42.5 Å². The van der Waals surface area contributed by atoms with Gasteiger partial charge >= 0.3 is 5.97 Å². The number of amides is 1.